The van der Waals surface area contributed by atoms with Gasteiger partial charge in [0.15, 0.2) is 0 Å². The Kier molecular flexibility index (Phi) is 5.32. The van der Waals surface area contributed by atoms with Gasteiger partial charge in [0.1, 0.15) is 17.2 Å². The van der Waals surface area contributed by atoms with Crippen LogP contribution in [0.5, 0.6) is 0 Å². The number of hydrogen-bond acceptors (Lipinski definition) is 6. The van der Waals surface area contributed by atoms with Crippen molar-refractivity contribution in [3.05, 3.63) is 56.4 Å². The molecule has 148 valence electrons. The molecule has 0 unspecified atom stereocenters. The molecule has 0 saturated heterocycles. The maximum absolute atomic E-state index is 13.2. The van der Waals surface area contributed by atoms with Crippen LogP contribution in [-0.4, -0.2) is 22.5 Å². The van der Waals surface area contributed by atoms with Gasteiger partial charge in [0.2, 0.25) is 0 Å². The quantitative estimate of drug-likeness (QED) is 0.677. The van der Waals surface area contributed by atoms with Crippen molar-refractivity contribution in [2.45, 2.75) is 38.8 Å². The fourth-order valence-electron chi connectivity index (χ4n) is 3.75. The van der Waals surface area contributed by atoms with Crippen LogP contribution in [0.15, 0.2) is 29.1 Å². The van der Waals surface area contributed by atoms with Crippen molar-refractivity contribution < 1.29 is 4.79 Å². The summed E-state index contributed by atoms with van der Waals surface area (Å²) in [5.74, 6) is 0.353. The van der Waals surface area contributed by atoms with E-state index in [2.05, 4.69) is 16.7 Å². The molecular weight excluding hydrogens is 386 g/mol. The number of rotatable bonds is 5. The van der Waals surface area contributed by atoms with Crippen LogP contribution in [0.2, 0.25) is 0 Å². The molecular formula is C21H21N5O2S. The predicted octanol–water partition coefficient (Wildman–Crippen LogP) is 2.83. The van der Waals surface area contributed by atoms with Crippen LogP contribution < -0.4 is 16.2 Å². The van der Waals surface area contributed by atoms with Crippen LogP contribution >= 0.6 is 11.3 Å². The number of carbonyl (C=O) groups is 1. The lowest BCUT2D eigenvalue weighted by Crippen LogP contribution is -2.26. The second-order valence-corrected chi connectivity index (χ2v) is 8.07. The van der Waals surface area contributed by atoms with Gasteiger partial charge in [0.05, 0.1) is 18.0 Å². The first kappa shape index (κ1) is 19.2. The van der Waals surface area contributed by atoms with E-state index >= 15 is 0 Å². The Hall–Kier alpha value is -3.18. The molecule has 29 heavy (non-hydrogen) atoms. The average molecular weight is 407 g/mol. The van der Waals surface area contributed by atoms with Crippen LogP contribution in [0.3, 0.4) is 0 Å². The van der Waals surface area contributed by atoms with Gasteiger partial charge in [0, 0.05) is 23.2 Å². The van der Waals surface area contributed by atoms with Gasteiger partial charge in [-0.3, -0.25) is 14.2 Å². The molecule has 4 rings (SSSR count). The van der Waals surface area contributed by atoms with Gasteiger partial charge in [-0.15, -0.1) is 11.3 Å². The lowest BCUT2D eigenvalue weighted by atomic mass is 9.97. The summed E-state index contributed by atoms with van der Waals surface area (Å²) in [6, 6.07) is 9.19. The van der Waals surface area contributed by atoms with Crippen molar-refractivity contribution in [2.75, 3.05) is 12.4 Å². The highest BCUT2D eigenvalue weighted by Gasteiger charge is 2.22. The summed E-state index contributed by atoms with van der Waals surface area (Å²) >= 11 is 1.60. The molecule has 0 spiro atoms. The molecule has 1 aliphatic rings. The van der Waals surface area contributed by atoms with Crippen molar-refractivity contribution in [3.8, 4) is 6.07 Å². The van der Waals surface area contributed by atoms with Gasteiger partial charge in [-0.2, -0.15) is 5.26 Å². The van der Waals surface area contributed by atoms with E-state index in [0.717, 1.165) is 41.8 Å². The third-order valence-electron chi connectivity index (χ3n) is 5.19. The molecule has 1 aromatic carbocycles. The number of thiophene rings is 1. The molecule has 2 aromatic heterocycles. The van der Waals surface area contributed by atoms with E-state index in [0.29, 0.717) is 16.8 Å². The Balaban J connectivity index is 1.70. The lowest BCUT2D eigenvalue weighted by molar-refractivity contribution is 0.0963. The monoisotopic (exact) mass is 407 g/mol. The first-order valence-corrected chi connectivity index (χ1v) is 10.4. The Labute approximate surface area is 172 Å². The highest BCUT2D eigenvalue weighted by molar-refractivity contribution is 7.18. The minimum absolute atomic E-state index is 0.0400. The molecule has 2 N–H and O–H groups in total. The van der Waals surface area contributed by atoms with Crippen LogP contribution in [-0.2, 0) is 25.9 Å². The summed E-state index contributed by atoms with van der Waals surface area (Å²) < 4.78 is 1.46. The van der Waals surface area contributed by atoms with E-state index in [4.69, 9.17) is 4.98 Å². The van der Waals surface area contributed by atoms with Crippen molar-refractivity contribution >= 4 is 33.1 Å². The van der Waals surface area contributed by atoms with Gasteiger partial charge in [-0.05, 0) is 49.4 Å². The number of fused-ring (bicyclic) bond motifs is 3. The first-order chi connectivity index (χ1) is 14.1. The van der Waals surface area contributed by atoms with E-state index in [1.165, 1.54) is 9.44 Å². The molecule has 8 heteroatoms. The molecule has 2 heterocycles. The number of benzene rings is 1. The van der Waals surface area contributed by atoms with Crippen molar-refractivity contribution in [2.24, 2.45) is 0 Å². The summed E-state index contributed by atoms with van der Waals surface area (Å²) in [6.07, 6.45) is 4.13. The summed E-state index contributed by atoms with van der Waals surface area (Å²) in [6.45, 7) is 0.244. The molecule has 0 bridgehead atoms. The summed E-state index contributed by atoms with van der Waals surface area (Å²) in [7, 11) is 1.59. The van der Waals surface area contributed by atoms with E-state index in [9.17, 15) is 14.9 Å². The molecule has 3 aromatic rings. The lowest BCUT2D eigenvalue weighted by Gasteiger charge is -2.13. The van der Waals surface area contributed by atoms with Gasteiger partial charge >= 0.3 is 0 Å². The number of aromatic nitrogens is 2. The van der Waals surface area contributed by atoms with Crippen LogP contribution in [0.4, 0.5) is 5.69 Å². The van der Waals surface area contributed by atoms with Gasteiger partial charge in [-0.25, -0.2) is 4.98 Å². The molecule has 1 amide bonds. The Morgan fingerprint density at radius 3 is 2.97 bits per heavy atom. The van der Waals surface area contributed by atoms with Gasteiger partial charge < -0.3 is 10.6 Å². The van der Waals surface area contributed by atoms with E-state index in [1.54, 1.807) is 36.6 Å². The number of nitrogens with zero attached hydrogens (tertiary/aromatic N) is 3. The predicted molar refractivity (Wildman–Crippen MR) is 113 cm³/mol. The molecule has 0 radical (unpaired) electrons. The number of anilines is 1. The maximum atomic E-state index is 13.2. The number of nitriles is 1. The smallest absolute Gasteiger partial charge is 0.263 e. The van der Waals surface area contributed by atoms with E-state index < -0.39 is 0 Å². The molecule has 0 atom stereocenters. The summed E-state index contributed by atoms with van der Waals surface area (Å²) in [5, 5.41) is 15.8. The normalized spacial score (nSPS) is 13.0. The minimum Gasteiger partial charge on any atom is -0.378 e. The third-order valence-corrected chi connectivity index (χ3v) is 6.37. The van der Waals surface area contributed by atoms with Crippen molar-refractivity contribution in [1.82, 2.24) is 14.9 Å². The Bertz CT molecular complexity index is 1190. The number of amides is 1. The Morgan fingerprint density at radius 1 is 1.34 bits per heavy atom. The highest BCUT2D eigenvalue weighted by atomic mass is 32.1. The standard InChI is InChI=1S/C21H21N5O2S/c1-23-19(27)13-5-4-6-14(11-13)24-12-17-25-20-18(21(28)26(17)10-9-22)15-7-2-3-8-16(15)29-20/h4-6,11,24H,2-3,7-8,10,12H2,1H3,(H,23,27). The maximum Gasteiger partial charge on any atom is 0.263 e. The zero-order valence-electron chi connectivity index (χ0n) is 16.1. The number of carbonyl (C=O) groups excluding carboxylic acids is 1. The summed E-state index contributed by atoms with van der Waals surface area (Å²) in [5.41, 5.74) is 2.28. The van der Waals surface area contributed by atoms with Crippen molar-refractivity contribution in [3.63, 3.8) is 0 Å². The number of nitrogens with one attached hydrogen (secondary N) is 2. The second-order valence-electron chi connectivity index (χ2n) is 6.98. The van der Waals surface area contributed by atoms with E-state index in [-0.39, 0.29) is 24.6 Å². The number of aryl methyl sites for hydroxylation is 2. The van der Waals surface area contributed by atoms with Crippen LogP contribution in [0, 0.1) is 11.3 Å². The Morgan fingerprint density at radius 2 is 2.17 bits per heavy atom. The number of hydrogen-bond donors (Lipinski definition) is 2. The molecule has 0 saturated carbocycles. The third kappa shape index (κ3) is 3.61. The largest absolute Gasteiger partial charge is 0.378 e. The average Bonchev–Trinajstić information content (AvgIpc) is 3.12. The SMILES string of the molecule is CNC(=O)c1cccc(NCc2nc3sc4c(c3c(=O)n2CC#N)CCCC4)c1. The zero-order chi connectivity index (χ0) is 20.4. The topological polar surface area (TPSA) is 99.8 Å². The minimum atomic E-state index is -0.168. The second kappa shape index (κ2) is 8.05. The molecule has 1 aliphatic carbocycles. The van der Waals surface area contributed by atoms with Crippen LogP contribution in [0.1, 0.15) is 39.5 Å². The zero-order valence-corrected chi connectivity index (χ0v) is 16.9. The highest BCUT2D eigenvalue weighted by Crippen LogP contribution is 2.33. The molecule has 0 aliphatic heterocycles. The summed E-state index contributed by atoms with van der Waals surface area (Å²) in [4.78, 5) is 31.7. The molecule has 7 nitrogen and oxygen atoms in total. The van der Waals surface area contributed by atoms with E-state index in [1.807, 2.05) is 6.07 Å². The first-order valence-electron chi connectivity index (χ1n) is 9.59. The van der Waals surface area contributed by atoms with Gasteiger partial charge in [0.25, 0.3) is 11.5 Å². The van der Waals surface area contributed by atoms with Crippen LogP contribution in [0.25, 0.3) is 10.2 Å². The van der Waals surface area contributed by atoms with Gasteiger partial charge in [-0.1, -0.05) is 6.07 Å². The fourth-order valence-corrected chi connectivity index (χ4v) is 5.02. The fraction of sp³-hybridized carbons (Fsp3) is 0.333. The van der Waals surface area contributed by atoms with Crippen molar-refractivity contribution in [1.29, 1.82) is 5.26 Å². The molecule has 0 fully saturated rings.